The van der Waals surface area contributed by atoms with E-state index in [1.165, 1.54) is 16.2 Å². The summed E-state index contributed by atoms with van der Waals surface area (Å²) >= 11 is 1.25. The molecular weight excluding hydrogens is 388 g/mol. The maximum atomic E-state index is 13.0. The van der Waals surface area contributed by atoms with E-state index in [4.69, 9.17) is 0 Å². The van der Waals surface area contributed by atoms with Gasteiger partial charge in [-0.15, -0.1) is 10.2 Å². The van der Waals surface area contributed by atoms with E-state index < -0.39 is 6.04 Å². The third kappa shape index (κ3) is 3.27. The fourth-order valence-corrected chi connectivity index (χ4v) is 4.59. The molecule has 0 saturated heterocycles. The predicted molar refractivity (Wildman–Crippen MR) is 107 cm³/mol. The van der Waals surface area contributed by atoms with Gasteiger partial charge in [0, 0.05) is 31.8 Å². The fraction of sp³-hybridized carbons (Fsp3) is 0.300. The average molecular weight is 406 g/mol. The minimum absolute atomic E-state index is 0.0311. The monoisotopic (exact) mass is 406 g/mol. The molecular formula is C20H18N6O2S. The van der Waals surface area contributed by atoms with E-state index in [1.54, 1.807) is 19.4 Å². The summed E-state index contributed by atoms with van der Waals surface area (Å²) in [5, 5.41) is 12.1. The Morgan fingerprint density at radius 3 is 2.83 bits per heavy atom. The number of hydrogen-bond donors (Lipinski definition) is 1. The van der Waals surface area contributed by atoms with Crippen LogP contribution in [0.3, 0.4) is 0 Å². The van der Waals surface area contributed by atoms with E-state index in [9.17, 15) is 9.59 Å². The van der Waals surface area contributed by atoms with Gasteiger partial charge in [0.05, 0.1) is 5.69 Å². The molecule has 146 valence electrons. The summed E-state index contributed by atoms with van der Waals surface area (Å²) in [6.07, 6.45) is 4.65. The maximum absolute atomic E-state index is 13.0. The molecule has 2 amide bonds. The number of nitrogens with zero attached hydrogens (tertiary/aromatic N) is 5. The summed E-state index contributed by atoms with van der Waals surface area (Å²) in [5.74, 6) is 0.192. The molecule has 1 N–H and O–H groups in total. The van der Waals surface area contributed by atoms with Crippen molar-refractivity contribution in [3.63, 3.8) is 0 Å². The van der Waals surface area contributed by atoms with E-state index in [1.807, 2.05) is 30.3 Å². The van der Waals surface area contributed by atoms with Crippen LogP contribution in [0.4, 0.5) is 5.82 Å². The van der Waals surface area contributed by atoms with Gasteiger partial charge >= 0.3 is 0 Å². The summed E-state index contributed by atoms with van der Waals surface area (Å²) in [6.45, 7) is 0. The molecule has 1 fully saturated rings. The molecule has 3 aromatic rings. The van der Waals surface area contributed by atoms with Crippen LogP contribution in [0.15, 0.2) is 42.7 Å². The number of nitrogens with one attached hydrogen (secondary N) is 1. The Bertz CT molecular complexity index is 1090. The van der Waals surface area contributed by atoms with Crippen molar-refractivity contribution >= 4 is 29.0 Å². The number of carbonyl (C=O) groups excluding carboxylic acids is 2. The lowest BCUT2D eigenvalue weighted by atomic mass is 10.1. The van der Waals surface area contributed by atoms with E-state index >= 15 is 0 Å². The second kappa shape index (κ2) is 7.00. The zero-order chi connectivity index (χ0) is 20.0. The molecule has 29 heavy (non-hydrogen) atoms. The van der Waals surface area contributed by atoms with Gasteiger partial charge in [-0.2, -0.15) is 0 Å². The molecule has 1 aliphatic heterocycles. The summed E-state index contributed by atoms with van der Waals surface area (Å²) < 4.78 is 0. The number of rotatable bonds is 4. The van der Waals surface area contributed by atoms with Crippen LogP contribution in [0.5, 0.6) is 0 Å². The first-order chi connectivity index (χ1) is 14.1. The SMILES string of the molecule is CN1C(=O)C(NC(=O)c2nnc(Cc3ccccc3)s2)[C@H]2C[C@H]2c2nccnc21. The molecule has 0 bridgehead atoms. The van der Waals surface area contributed by atoms with E-state index in [-0.39, 0.29) is 28.7 Å². The minimum Gasteiger partial charge on any atom is -0.338 e. The molecule has 0 radical (unpaired) electrons. The largest absolute Gasteiger partial charge is 0.338 e. The highest BCUT2D eigenvalue weighted by Crippen LogP contribution is 2.53. The third-order valence-corrected chi connectivity index (χ3v) is 6.31. The molecule has 0 spiro atoms. The Morgan fingerprint density at radius 2 is 2.00 bits per heavy atom. The van der Waals surface area contributed by atoms with Gasteiger partial charge in [0.15, 0.2) is 5.82 Å². The Balaban J connectivity index is 1.32. The smallest absolute Gasteiger partial charge is 0.282 e. The molecule has 9 heteroatoms. The quantitative estimate of drug-likeness (QED) is 0.709. The summed E-state index contributed by atoms with van der Waals surface area (Å²) in [7, 11) is 1.67. The van der Waals surface area contributed by atoms with Crippen LogP contribution >= 0.6 is 11.3 Å². The van der Waals surface area contributed by atoms with Crippen molar-refractivity contribution in [1.29, 1.82) is 0 Å². The van der Waals surface area contributed by atoms with E-state index in [2.05, 4.69) is 25.5 Å². The van der Waals surface area contributed by atoms with Crippen molar-refractivity contribution in [3.8, 4) is 0 Å². The zero-order valence-electron chi connectivity index (χ0n) is 15.6. The van der Waals surface area contributed by atoms with Gasteiger partial charge in [-0.25, -0.2) is 4.98 Å². The van der Waals surface area contributed by atoms with Crippen molar-refractivity contribution in [1.82, 2.24) is 25.5 Å². The molecule has 1 aromatic carbocycles. The lowest BCUT2D eigenvalue weighted by Crippen LogP contribution is -2.48. The number of fused-ring (bicyclic) bond motifs is 3. The summed E-state index contributed by atoms with van der Waals surface area (Å²) in [4.78, 5) is 36.0. The van der Waals surface area contributed by atoms with Crippen molar-refractivity contribution in [3.05, 3.63) is 64.0 Å². The Kier molecular flexibility index (Phi) is 4.31. The molecule has 1 aliphatic carbocycles. The fourth-order valence-electron chi connectivity index (χ4n) is 3.81. The molecule has 3 heterocycles. The van der Waals surface area contributed by atoms with Crippen LogP contribution in [-0.4, -0.2) is 45.1 Å². The van der Waals surface area contributed by atoms with Gasteiger partial charge in [-0.1, -0.05) is 41.7 Å². The number of amides is 2. The van der Waals surface area contributed by atoms with Crippen LogP contribution in [0.1, 0.15) is 38.4 Å². The average Bonchev–Trinajstić information content (AvgIpc) is 3.41. The molecule has 1 saturated carbocycles. The first kappa shape index (κ1) is 17.9. The van der Waals surface area contributed by atoms with Crippen molar-refractivity contribution < 1.29 is 9.59 Å². The zero-order valence-corrected chi connectivity index (χ0v) is 16.5. The van der Waals surface area contributed by atoms with E-state index in [0.717, 1.165) is 22.7 Å². The van der Waals surface area contributed by atoms with Crippen LogP contribution in [0, 0.1) is 5.92 Å². The minimum atomic E-state index is -0.616. The first-order valence-corrected chi connectivity index (χ1v) is 10.2. The van der Waals surface area contributed by atoms with Crippen LogP contribution in [0.2, 0.25) is 0 Å². The third-order valence-electron chi connectivity index (χ3n) is 5.39. The highest BCUT2D eigenvalue weighted by molar-refractivity contribution is 7.13. The first-order valence-electron chi connectivity index (χ1n) is 9.37. The number of aromatic nitrogens is 4. The van der Waals surface area contributed by atoms with Crippen molar-refractivity contribution in [2.24, 2.45) is 5.92 Å². The Hall–Kier alpha value is -3.20. The number of likely N-dealkylation sites (N-methyl/N-ethyl adjacent to an activating group) is 1. The van der Waals surface area contributed by atoms with Crippen molar-refractivity contribution in [2.75, 3.05) is 11.9 Å². The molecule has 8 nitrogen and oxygen atoms in total. The molecule has 3 atom stereocenters. The predicted octanol–water partition coefficient (Wildman–Crippen LogP) is 1.80. The van der Waals surface area contributed by atoms with Crippen LogP contribution in [-0.2, 0) is 11.2 Å². The highest BCUT2D eigenvalue weighted by Gasteiger charge is 2.53. The Morgan fingerprint density at radius 1 is 1.21 bits per heavy atom. The Labute approximate surface area is 171 Å². The standard InChI is InChI=1S/C20H18N6O2S/c1-26-17-15(21-7-8-22-17)12-10-13(12)16(20(26)28)23-18(27)19-25-24-14(29-19)9-11-5-3-2-4-6-11/h2-8,12-13,16H,9-10H2,1H3,(H,23,27)/t12-,13+,16?/m1/s1. The topological polar surface area (TPSA) is 101 Å². The normalized spacial score (nSPS) is 22.4. The highest BCUT2D eigenvalue weighted by atomic mass is 32.1. The number of anilines is 1. The number of benzene rings is 1. The van der Waals surface area contributed by atoms with Gasteiger partial charge in [-0.3, -0.25) is 19.5 Å². The molecule has 5 rings (SSSR count). The lowest BCUT2D eigenvalue weighted by Gasteiger charge is -2.22. The molecule has 2 aliphatic rings. The number of hydrogen-bond acceptors (Lipinski definition) is 7. The van der Waals surface area contributed by atoms with Gasteiger partial charge in [0.1, 0.15) is 11.0 Å². The van der Waals surface area contributed by atoms with Crippen molar-refractivity contribution in [2.45, 2.75) is 24.8 Å². The van der Waals surface area contributed by atoms with E-state index in [0.29, 0.717) is 12.2 Å². The molecule has 2 aromatic heterocycles. The summed E-state index contributed by atoms with van der Waals surface area (Å²) in [5.41, 5.74) is 1.93. The van der Waals surface area contributed by atoms with Crippen LogP contribution < -0.4 is 10.2 Å². The van der Waals surface area contributed by atoms with Gasteiger partial charge in [0.2, 0.25) is 5.01 Å². The van der Waals surface area contributed by atoms with Gasteiger partial charge in [0.25, 0.3) is 11.8 Å². The van der Waals surface area contributed by atoms with Gasteiger partial charge in [-0.05, 0) is 17.9 Å². The number of carbonyl (C=O) groups is 2. The second-order valence-electron chi connectivity index (χ2n) is 7.28. The molecule has 1 unspecified atom stereocenters. The van der Waals surface area contributed by atoms with Crippen LogP contribution in [0.25, 0.3) is 0 Å². The lowest BCUT2D eigenvalue weighted by molar-refractivity contribution is -0.120. The maximum Gasteiger partial charge on any atom is 0.282 e. The second-order valence-corrected chi connectivity index (χ2v) is 8.35. The summed E-state index contributed by atoms with van der Waals surface area (Å²) in [6, 6.07) is 9.28. The van der Waals surface area contributed by atoms with Gasteiger partial charge < -0.3 is 5.32 Å².